The summed E-state index contributed by atoms with van der Waals surface area (Å²) < 4.78 is 11.9. The van der Waals surface area contributed by atoms with E-state index >= 15 is 0 Å². The number of allylic oxidation sites excluding steroid dienone is 1. The van der Waals surface area contributed by atoms with Crippen molar-refractivity contribution in [2.75, 3.05) is 7.11 Å². The van der Waals surface area contributed by atoms with Crippen molar-refractivity contribution in [1.82, 2.24) is 0 Å². The number of methoxy groups -OCH3 is 1. The molecule has 2 nitrogen and oxygen atoms in total. The summed E-state index contributed by atoms with van der Waals surface area (Å²) in [6, 6.07) is 6.37. The lowest BCUT2D eigenvalue weighted by Crippen LogP contribution is -2.29. The largest absolute Gasteiger partial charge is 0.497 e. The molecule has 0 saturated carbocycles. The fourth-order valence-electron chi connectivity index (χ4n) is 3.78. The smallest absolute Gasteiger partial charge is 0.123 e. The minimum atomic E-state index is 0.118. The fraction of sp³-hybridized carbons (Fsp3) is 0.652. The summed E-state index contributed by atoms with van der Waals surface area (Å²) in [7, 11) is 1.72. The number of ether oxygens (including phenoxy) is 2. The van der Waals surface area contributed by atoms with Gasteiger partial charge in [-0.05, 0) is 59.8 Å². The molecule has 0 aliphatic heterocycles. The topological polar surface area (TPSA) is 18.5 Å². The maximum atomic E-state index is 6.49. The van der Waals surface area contributed by atoms with Crippen molar-refractivity contribution < 1.29 is 9.47 Å². The van der Waals surface area contributed by atoms with Crippen LogP contribution in [0, 0.1) is 16.7 Å². The highest BCUT2D eigenvalue weighted by Gasteiger charge is 2.34. The first kappa shape index (κ1) is 19.9. The van der Waals surface area contributed by atoms with Crippen molar-refractivity contribution in [1.29, 1.82) is 0 Å². The zero-order valence-corrected chi connectivity index (χ0v) is 17.2. The van der Waals surface area contributed by atoms with Crippen LogP contribution in [0.25, 0.3) is 0 Å². The second-order valence-corrected chi connectivity index (χ2v) is 9.71. The number of fused-ring (bicyclic) bond motifs is 1. The number of rotatable bonds is 5. The molecule has 0 bridgehead atoms. The molecule has 2 unspecified atom stereocenters. The van der Waals surface area contributed by atoms with Crippen molar-refractivity contribution in [3.05, 3.63) is 41.7 Å². The van der Waals surface area contributed by atoms with Crippen LogP contribution >= 0.6 is 0 Å². The Morgan fingerprint density at radius 1 is 1.20 bits per heavy atom. The van der Waals surface area contributed by atoms with Gasteiger partial charge in [0.15, 0.2) is 0 Å². The van der Waals surface area contributed by atoms with Gasteiger partial charge in [0.25, 0.3) is 0 Å². The van der Waals surface area contributed by atoms with E-state index in [2.05, 4.69) is 60.3 Å². The molecule has 0 N–H and O–H groups in total. The van der Waals surface area contributed by atoms with Crippen LogP contribution in [-0.2, 0) is 11.2 Å². The van der Waals surface area contributed by atoms with Gasteiger partial charge in [0.2, 0.25) is 0 Å². The minimum absolute atomic E-state index is 0.118. The first-order valence-corrected chi connectivity index (χ1v) is 9.53. The van der Waals surface area contributed by atoms with Gasteiger partial charge in [-0.25, -0.2) is 0 Å². The molecule has 1 aliphatic rings. The SMILES string of the molecule is C=C(OC1CCCc2cc(OC)ccc21)C(CC(C)(C)C)C(C)(C)C. The first-order chi connectivity index (χ1) is 11.5. The lowest BCUT2D eigenvalue weighted by molar-refractivity contribution is 0.0427. The third-order valence-electron chi connectivity index (χ3n) is 5.15. The number of hydrogen-bond donors (Lipinski definition) is 0. The van der Waals surface area contributed by atoms with Gasteiger partial charge in [-0.2, -0.15) is 0 Å². The maximum absolute atomic E-state index is 6.49. The highest BCUT2D eigenvalue weighted by molar-refractivity contribution is 5.38. The maximum Gasteiger partial charge on any atom is 0.123 e. The molecule has 0 radical (unpaired) electrons. The molecule has 2 heteroatoms. The molecule has 2 rings (SSSR count). The summed E-state index contributed by atoms with van der Waals surface area (Å²) in [5.74, 6) is 2.21. The molecule has 2 atom stereocenters. The standard InChI is InChI=1S/C23H36O2/c1-16(20(23(5,6)7)15-22(2,3)4)25-21-11-9-10-17-14-18(24-8)12-13-19(17)21/h12-14,20-21H,1,9-11,15H2,2-8H3. The summed E-state index contributed by atoms with van der Waals surface area (Å²) in [6.07, 6.45) is 4.51. The lowest BCUT2D eigenvalue weighted by Gasteiger charge is -2.38. The summed E-state index contributed by atoms with van der Waals surface area (Å²) in [6.45, 7) is 18.1. The summed E-state index contributed by atoms with van der Waals surface area (Å²) in [4.78, 5) is 0. The molecule has 0 spiro atoms. The number of hydrogen-bond acceptors (Lipinski definition) is 2. The van der Waals surface area contributed by atoms with Crippen LogP contribution in [0.5, 0.6) is 5.75 Å². The Hall–Kier alpha value is -1.44. The lowest BCUT2D eigenvalue weighted by atomic mass is 9.71. The zero-order valence-electron chi connectivity index (χ0n) is 17.2. The van der Waals surface area contributed by atoms with Gasteiger partial charge in [-0.3, -0.25) is 0 Å². The van der Waals surface area contributed by atoms with Gasteiger partial charge in [0, 0.05) is 5.92 Å². The van der Waals surface area contributed by atoms with Gasteiger partial charge in [0.05, 0.1) is 12.9 Å². The van der Waals surface area contributed by atoms with E-state index in [1.54, 1.807) is 7.11 Å². The van der Waals surface area contributed by atoms with E-state index in [0.717, 1.165) is 37.2 Å². The molecule has 0 amide bonds. The Morgan fingerprint density at radius 3 is 2.44 bits per heavy atom. The average Bonchev–Trinajstić information content (AvgIpc) is 2.50. The van der Waals surface area contributed by atoms with Crippen molar-refractivity contribution in [3.63, 3.8) is 0 Å². The molecule has 1 aliphatic carbocycles. The van der Waals surface area contributed by atoms with Crippen LogP contribution < -0.4 is 4.74 Å². The van der Waals surface area contributed by atoms with Gasteiger partial charge < -0.3 is 9.47 Å². The van der Waals surface area contributed by atoms with Gasteiger partial charge >= 0.3 is 0 Å². The highest BCUT2D eigenvalue weighted by atomic mass is 16.5. The second kappa shape index (κ2) is 7.43. The normalized spacial score (nSPS) is 19.1. The fourth-order valence-corrected chi connectivity index (χ4v) is 3.78. The van der Waals surface area contributed by atoms with Crippen LogP contribution in [0.1, 0.15) is 78.0 Å². The molecule has 0 aromatic heterocycles. The summed E-state index contributed by atoms with van der Waals surface area (Å²) in [5, 5.41) is 0. The van der Waals surface area contributed by atoms with Gasteiger partial charge in [0.1, 0.15) is 11.9 Å². The predicted molar refractivity (Wildman–Crippen MR) is 106 cm³/mol. The van der Waals surface area contributed by atoms with E-state index in [9.17, 15) is 0 Å². The van der Waals surface area contributed by atoms with Crippen LogP contribution in [0.2, 0.25) is 0 Å². The quantitative estimate of drug-likeness (QED) is 0.553. The minimum Gasteiger partial charge on any atom is -0.497 e. The van der Waals surface area contributed by atoms with E-state index in [4.69, 9.17) is 9.47 Å². The van der Waals surface area contributed by atoms with Crippen LogP contribution in [0.4, 0.5) is 0 Å². The highest BCUT2D eigenvalue weighted by Crippen LogP contribution is 2.43. The predicted octanol–water partition coefficient (Wildman–Crippen LogP) is 6.70. The molecule has 0 fully saturated rings. The van der Waals surface area contributed by atoms with E-state index < -0.39 is 0 Å². The van der Waals surface area contributed by atoms with E-state index in [0.29, 0.717) is 5.92 Å². The van der Waals surface area contributed by atoms with Crippen LogP contribution in [-0.4, -0.2) is 7.11 Å². The van der Waals surface area contributed by atoms with E-state index in [-0.39, 0.29) is 16.9 Å². The van der Waals surface area contributed by atoms with Crippen molar-refractivity contribution in [2.45, 2.75) is 73.3 Å². The van der Waals surface area contributed by atoms with Gasteiger partial charge in [-0.15, -0.1) is 0 Å². The molecular formula is C23H36O2. The first-order valence-electron chi connectivity index (χ1n) is 9.53. The molecule has 0 heterocycles. The third kappa shape index (κ3) is 5.26. The van der Waals surface area contributed by atoms with Crippen molar-refractivity contribution >= 4 is 0 Å². The summed E-state index contributed by atoms with van der Waals surface area (Å²) >= 11 is 0. The Balaban J connectivity index is 2.20. The van der Waals surface area contributed by atoms with E-state index in [1.807, 2.05) is 6.07 Å². The molecule has 1 aromatic carbocycles. The van der Waals surface area contributed by atoms with Crippen molar-refractivity contribution in [3.8, 4) is 5.75 Å². The molecular weight excluding hydrogens is 308 g/mol. The Bertz CT molecular complexity index is 601. The monoisotopic (exact) mass is 344 g/mol. The van der Waals surface area contributed by atoms with E-state index in [1.165, 1.54) is 11.1 Å². The van der Waals surface area contributed by atoms with Gasteiger partial charge in [-0.1, -0.05) is 54.2 Å². The van der Waals surface area contributed by atoms with Crippen molar-refractivity contribution in [2.24, 2.45) is 16.7 Å². The second-order valence-electron chi connectivity index (χ2n) is 9.71. The Kier molecular flexibility index (Phi) is 5.91. The zero-order chi connectivity index (χ0) is 18.8. The van der Waals surface area contributed by atoms with Crippen LogP contribution in [0.15, 0.2) is 30.5 Å². The summed E-state index contributed by atoms with van der Waals surface area (Å²) in [5.41, 5.74) is 3.05. The Morgan fingerprint density at radius 2 is 1.88 bits per heavy atom. The number of benzene rings is 1. The number of aryl methyl sites for hydroxylation is 1. The molecule has 0 saturated heterocycles. The van der Waals surface area contributed by atoms with Crippen LogP contribution in [0.3, 0.4) is 0 Å². The molecule has 1 aromatic rings. The Labute approximate surface area is 154 Å². The molecule has 25 heavy (non-hydrogen) atoms. The third-order valence-corrected chi connectivity index (χ3v) is 5.15. The molecule has 140 valence electrons. The average molecular weight is 345 g/mol.